The van der Waals surface area contributed by atoms with E-state index < -0.39 is 5.97 Å². The van der Waals surface area contributed by atoms with E-state index in [1.54, 1.807) is 0 Å². The van der Waals surface area contributed by atoms with Gasteiger partial charge in [0.15, 0.2) is 5.16 Å². The molecule has 0 radical (unpaired) electrons. The minimum atomic E-state index is -0.847. The third-order valence-electron chi connectivity index (χ3n) is 2.43. The van der Waals surface area contributed by atoms with Crippen LogP contribution in [0.15, 0.2) is 5.16 Å². The number of hydrogen-bond acceptors (Lipinski definition) is 5. The molecule has 1 saturated heterocycles. The van der Waals surface area contributed by atoms with Crippen molar-refractivity contribution in [3.05, 3.63) is 5.82 Å². The predicted octanol–water partition coefficient (Wildman–Crippen LogP) is 0.725. The van der Waals surface area contributed by atoms with Crippen molar-refractivity contribution in [2.45, 2.75) is 24.5 Å². The Morgan fingerprint density at radius 3 is 3.12 bits per heavy atom. The molecular formula is C9H13N3O3S. The number of rotatable bonds is 4. The van der Waals surface area contributed by atoms with E-state index in [4.69, 9.17) is 9.84 Å². The normalized spacial score (nSPS) is 20.2. The lowest BCUT2D eigenvalue weighted by molar-refractivity contribution is -0.133. The molecule has 2 rings (SSSR count). The Hall–Kier alpha value is -1.08. The van der Waals surface area contributed by atoms with Gasteiger partial charge in [0.05, 0.1) is 18.4 Å². The predicted molar refractivity (Wildman–Crippen MR) is 57.6 cm³/mol. The monoisotopic (exact) mass is 243 g/mol. The maximum atomic E-state index is 10.5. The fourth-order valence-corrected chi connectivity index (χ4v) is 2.49. The molecule has 1 fully saturated rings. The highest BCUT2D eigenvalue weighted by Crippen LogP contribution is 2.26. The largest absolute Gasteiger partial charge is 0.481 e. The van der Waals surface area contributed by atoms with Gasteiger partial charge in [-0.2, -0.15) is 0 Å². The topological polar surface area (TPSA) is 77.2 Å². The zero-order valence-corrected chi connectivity index (χ0v) is 9.74. The number of thioether (sulfide) groups is 1. The number of aryl methyl sites for hydroxylation is 1. The Labute approximate surface area is 97.0 Å². The fraction of sp³-hybridized carbons (Fsp3) is 0.667. The Bertz CT molecular complexity index is 387. The summed E-state index contributed by atoms with van der Waals surface area (Å²) in [5.74, 6) is -0.0330. The minimum Gasteiger partial charge on any atom is -0.481 e. The third-order valence-corrected chi connectivity index (χ3v) is 3.36. The number of aliphatic carboxylic acids is 1. The van der Waals surface area contributed by atoms with Crippen molar-refractivity contribution in [2.24, 2.45) is 0 Å². The van der Waals surface area contributed by atoms with Gasteiger partial charge in [0.1, 0.15) is 5.82 Å². The number of carboxylic acid groups (broad SMARTS) is 1. The summed E-state index contributed by atoms with van der Waals surface area (Å²) in [7, 11) is 0. The van der Waals surface area contributed by atoms with E-state index in [-0.39, 0.29) is 11.8 Å². The first-order valence-electron chi connectivity index (χ1n) is 5.02. The molecule has 0 aromatic carbocycles. The summed E-state index contributed by atoms with van der Waals surface area (Å²) >= 11 is 1.20. The molecular weight excluding hydrogens is 230 g/mol. The van der Waals surface area contributed by atoms with Gasteiger partial charge in [-0.05, 0) is 13.3 Å². The second kappa shape index (κ2) is 4.84. The van der Waals surface area contributed by atoms with Crippen LogP contribution in [-0.2, 0) is 9.53 Å². The van der Waals surface area contributed by atoms with Crippen molar-refractivity contribution >= 4 is 17.7 Å². The van der Waals surface area contributed by atoms with E-state index in [9.17, 15) is 4.79 Å². The molecule has 1 N–H and O–H groups in total. The third kappa shape index (κ3) is 2.35. The standard InChI is InChI=1S/C9H13N3O3S/c1-6-10-11-9(16-5-8(13)14)12(6)7-2-3-15-4-7/h7H,2-5H2,1H3,(H,13,14). The van der Waals surface area contributed by atoms with E-state index in [0.29, 0.717) is 11.8 Å². The van der Waals surface area contributed by atoms with Crippen molar-refractivity contribution in [1.82, 2.24) is 14.8 Å². The number of hydrogen-bond donors (Lipinski definition) is 1. The van der Waals surface area contributed by atoms with Crippen LogP contribution < -0.4 is 0 Å². The molecule has 2 heterocycles. The first-order chi connectivity index (χ1) is 7.68. The fourth-order valence-electron chi connectivity index (χ4n) is 1.72. The smallest absolute Gasteiger partial charge is 0.313 e. The molecule has 1 aromatic rings. The Morgan fingerprint density at radius 1 is 1.69 bits per heavy atom. The van der Waals surface area contributed by atoms with Gasteiger partial charge in [0.25, 0.3) is 0 Å². The lowest BCUT2D eigenvalue weighted by Crippen LogP contribution is -2.12. The van der Waals surface area contributed by atoms with Crippen molar-refractivity contribution in [3.8, 4) is 0 Å². The number of nitrogens with zero attached hydrogens (tertiary/aromatic N) is 3. The summed E-state index contributed by atoms with van der Waals surface area (Å²) in [5, 5.41) is 17.3. The molecule has 1 aliphatic heterocycles. The van der Waals surface area contributed by atoms with E-state index in [0.717, 1.165) is 18.9 Å². The van der Waals surface area contributed by atoms with Crippen LogP contribution >= 0.6 is 11.8 Å². The Balaban J connectivity index is 2.14. The lowest BCUT2D eigenvalue weighted by Gasteiger charge is -2.13. The Morgan fingerprint density at radius 2 is 2.50 bits per heavy atom. The summed E-state index contributed by atoms with van der Waals surface area (Å²) in [5.41, 5.74) is 0. The molecule has 7 heteroatoms. The van der Waals surface area contributed by atoms with Gasteiger partial charge in [0.2, 0.25) is 0 Å². The second-order valence-electron chi connectivity index (χ2n) is 3.60. The first kappa shape index (κ1) is 11.4. The zero-order chi connectivity index (χ0) is 11.5. The van der Waals surface area contributed by atoms with Crippen LogP contribution in [0, 0.1) is 6.92 Å². The van der Waals surface area contributed by atoms with Gasteiger partial charge in [-0.25, -0.2) is 0 Å². The zero-order valence-electron chi connectivity index (χ0n) is 8.92. The molecule has 1 aromatic heterocycles. The van der Waals surface area contributed by atoms with Crippen molar-refractivity contribution in [3.63, 3.8) is 0 Å². The molecule has 88 valence electrons. The molecule has 0 aliphatic carbocycles. The van der Waals surface area contributed by atoms with Gasteiger partial charge in [-0.1, -0.05) is 11.8 Å². The lowest BCUT2D eigenvalue weighted by atomic mass is 10.2. The summed E-state index contributed by atoms with van der Waals surface area (Å²) in [6.45, 7) is 3.26. The highest BCUT2D eigenvalue weighted by atomic mass is 32.2. The molecule has 0 saturated carbocycles. The average Bonchev–Trinajstić information content (AvgIpc) is 2.83. The number of aromatic nitrogens is 3. The van der Waals surface area contributed by atoms with Crippen molar-refractivity contribution < 1.29 is 14.6 Å². The minimum absolute atomic E-state index is 0.00567. The molecule has 1 atom stereocenters. The van der Waals surface area contributed by atoms with E-state index >= 15 is 0 Å². The maximum Gasteiger partial charge on any atom is 0.313 e. The second-order valence-corrected chi connectivity index (χ2v) is 4.54. The number of carboxylic acids is 1. The van der Waals surface area contributed by atoms with Gasteiger partial charge >= 0.3 is 5.97 Å². The summed E-state index contributed by atoms with van der Waals surface area (Å²) in [6, 6.07) is 0.242. The molecule has 0 spiro atoms. The van der Waals surface area contributed by atoms with Gasteiger partial charge in [-0.3, -0.25) is 4.79 Å². The quantitative estimate of drug-likeness (QED) is 0.785. The van der Waals surface area contributed by atoms with Gasteiger partial charge in [0, 0.05) is 6.61 Å². The van der Waals surface area contributed by atoms with Crippen LogP contribution in [-0.4, -0.2) is 44.8 Å². The SMILES string of the molecule is Cc1nnc(SCC(=O)O)n1C1CCOC1. The summed E-state index contributed by atoms with van der Waals surface area (Å²) in [4.78, 5) is 10.5. The molecule has 0 bridgehead atoms. The summed E-state index contributed by atoms with van der Waals surface area (Å²) in [6.07, 6.45) is 0.930. The average molecular weight is 243 g/mol. The van der Waals surface area contributed by atoms with E-state index in [2.05, 4.69) is 10.2 Å². The van der Waals surface area contributed by atoms with Crippen LogP contribution in [0.4, 0.5) is 0 Å². The highest BCUT2D eigenvalue weighted by molar-refractivity contribution is 7.99. The number of carbonyl (C=O) groups is 1. The maximum absolute atomic E-state index is 10.5. The van der Waals surface area contributed by atoms with Crippen LogP contribution in [0.25, 0.3) is 0 Å². The number of ether oxygens (including phenoxy) is 1. The van der Waals surface area contributed by atoms with Crippen LogP contribution in [0.2, 0.25) is 0 Å². The van der Waals surface area contributed by atoms with Gasteiger partial charge in [-0.15, -0.1) is 10.2 Å². The Kier molecular flexibility index (Phi) is 3.45. The van der Waals surface area contributed by atoms with Crippen molar-refractivity contribution in [2.75, 3.05) is 19.0 Å². The van der Waals surface area contributed by atoms with E-state index in [1.807, 2.05) is 11.5 Å². The molecule has 6 nitrogen and oxygen atoms in total. The van der Waals surface area contributed by atoms with Crippen LogP contribution in [0.1, 0.15) is 18.3 Å². The van der Waals surface area contributed by atoms with Crippen molar-refractivity contribution in [1.29, 1.82) is 0 Å². The van der Waals surface area contributed by atoms with Crippen LogP contribution in [0.5, 0.6) is 0 Å². The van der Waals surface area contributed by atoms with Crippen LogP contribution in [0.3, 0.4) is 0 Å². The molecule has 0 amide bonds. The molecule has 1 aliphatic rings. The molecule has 16 heavy (non-hydrogen) atoms. The first-order valence-corrected chi connectivity index (χ1v) is 6.01. The van der Waals surface area contributed by atoms with Gasteiger partial charge < -0.3 is 14.4 Å². The van der Waals surface area contributed by atoms with E-state index in [1.165, 1.54) is 11.8 Å². The highest BCUT2D eigenvalue weighted by Gasteiger charge is 2.23. The summed E-state index contributed by atoms with van der Waals surface area (Å²) < 4.78 is 7.29. The molecule has 1 unspecified atom stereocenters.